The van der Waals surface area contributed by atoms with Gasteiger partial charge in [0.2, 0.25) is 5.91 Å². The number of unbranched alkanes of at least 4 members (excludes halogenated alkanes) is 17. The van der Waals surface area contributed by atoms with Gasteiger partial charge >= 0.3 is 0 Å². The molecule has 0 spiro atoms. The van der Waals surface area contributed by atoms with Crippen molar-refractivity contribution in [3.63, 3.8) is 0 Å². The van der Waals surface area contributed by atoms with Crippen molar-refractivity contribution in [1.29, 1.82) is 0 Å². The Hall–Kier alpha value is -3.62. The lowest BCUT2D eigenvalue weighted by Gasteiger charge is -2.29. The molecule has 0 radical (unpaired) electrons. The summed E-state index contributed by atoms with van der Waals surface area (Å²) in [5.41, 5.74) is 0. The highest BCUT2D eigenvalue weighted by Crippen LogP contribution is 2.38. The third-order valence-corrected chi connectivity index (χ3v) is 13.2. The summed E-state index contributed by atoms with van der Waals surface area (Å²) in [5.74, 6) is -0.275. The Morgan fingerprint density at radius 3 is 1.24 bits per heavy atom. The number of quaternary nitrogens is 1. The fraction of sp³-hybridized carbons (Fsp3) is 0.621. The summed E-state index contributed by atoms with van der Waals surface area (Å²) in [7, 11) is 1.17. The van der Waals surface area contributed by atoms with Gasteiger partial charge in [-0.15, -0.1) is 0 Å². The van der Waals surface area contributed by atoms with Crippen LogP contribution in [0.2, 0.25) is 0 Å². The number of carbonyl (C=O) groups is 1. The highest BCUT2D eigenvalue weighted by molar-refractivity contribution is 7.45. The summed E-state index contributed by atoms with van der Waals surface area (Å²) in [6, 6.07) is -0.953. The molecule has 0 aromatic carbocycles. The molecule has 0 aliphatic carbocycles. The van der Waals surface area contributed by atoms with Gasteiger partial charge in [0.05, 0.1) is 39.9 Å². The van der Waals surface area contributed by atoms with Crippen LogP contribution in [0.15, 0.2) is 146 Å². The number of hydrogen-bond acceptors (Lipinski definition) is 6. The topological polar surface area (TPSA) is 108 Å². The number of carbonyl (C=O) groups excluding carboxylic acids is 1. The molecular weight excluding hydrogens is 948 g/mol. The number of nitrogens with zero attached hydrogens (tertiary/aromatic N) is 1. The molecule has 75 heavy (non-hydrogen) atoms. The first-order chi connectivity index (χ1) is 36.5. The van der Waals surface area contributed by atoms with Crippen LogP contribution < -0.4 is 10.2 Å². The van der Waals surface area contributed by atoms with Gasteiger partial charge < -0.3 is 28.8 Å². The first-order valence-corrected chi connectivity index (χ1v) is 31.2. The average molecular weight is 1060 g/mol. The lowest BCUT2D eigenvalue weighted by Crippen LogP contribution is -2.45. The second-order valence-electron chi connectivity index (χ2n) is 20.6. The van der Waals surface area contributed by atoms with E-state index < -0.39 is 26.6 Å². The van der Waals surface area contributed by atoms with Gasteiger partial charge in [-0.05, 0) is 109 Å². The fourth-order valence-electron chi connectivity index (χ4n) is 7.66. The van der Waals surface area contributed by atoms with E-state index in [1.54, 1.807) is 6.08 Å². The van der Waals surface area contributed by atoms with Crippen molar-refractivity contribution in [3.05, 3.63) is 146 Å². The molecule has 0 aliphatic heterocycles. The van der Waals surface area contributed by atoms with E-state index in [0.29, 0.717) is 23.9 Å². The van der Waals surface area contributed by atoms with Crippen LogP contribution in [0.1, 0.15) is 213 Å². The smallest absolute Gasteiger partial charge is 0.268 e. The zero-order valence-electron chi connectivity index (χ0n) is 48.4. The van der Waals surface area contributed by atoms with Crippen LogP contribution in [0.3, 0.4) is 0 Å². The Kier molecular flexibility index (Phi) is 52.5. The van der Waals surface area contributed by atoms with E-state index in [2.05, 4.69) is 153 Å². The Morgan fingerprint density at radius 2 is 0.827 bits per heavy atom. The zero-order valence-corrected chi connectivity index (χ0v) is 49.3. The first kappa shape index (κ1) is 71.4. The molecule has 3 unspecified atom stereocenters. The largest absolute Gasteiger partial charge is 0.756 e. The number of aliphatic hydroxyl groups is 1. The molecular formula is C66H111N2O6P. The number of allylic oxidation sites excluding steroid dienone is 23. The van der Waals surface area contributed by atoms with Gasteiger partial charge in [-0.3, -0.25) is 9.36 Å². The molecule has 1 amide bonds. The van der Waals surface area contributed by atoms with E-state index in [1.165, 1.54) is 96.3 Å². The second-order valence-corrected chi connectivity index (χ2v) is 22.0. The summed E-state index contributed by atoms with van der Waals surface area (Å²) in [5, 5.41) is 13.8. The zero-order chi connectivity index (χ0) is 54.9. The van der Waals surface area contributed by atoms with E-state index in [0.717, 1.165) is 83.5 Å². The number of nitrogens with one attached hydrogen (secondary N) is 1. The van der Waals surface area contributed by atoms with Crippen LogP contribution in [-0.2, 0) is 18.4 Å². The predicted molar refractivity (Wildman–Crippen MR) is 325 cm³/mol. The SMILES string of the molecule is CC/C=C\C/C=C\C/C=C\C/C=C\C/C=C\C/C=C\C/C=C\C/C=C\C/C=C\CCCC(=O)NC(COP(=O)([O-])OCC[N+](C)(C)C)C(O)/C=C/CC/C=C/CC/C=C/CCCCCCCCCCCCCCCC. The summed E-state index contributed by atoms with van der Waals surface area (Å²) in [4.78, 5) is 25.5. The van der Waals surface area contributed by atoms with E-state index in [9.17, 15) is 19.4 Å². The van der Waals surface area contributed by atoms with Crippen LogP contribution in [0, 0.1) is 0 Å². The maximum atomic E-state index is 12.9. The molecule has 0 aromatic heterocycles. The third-order valence-electron chi connectivity index (χ3n) is 12.3. The molecule has 3 atom stereocenters. The highest BCUT2D eigenvalue weighted by Gasteiger charge is 2.23. The van der Waals surface area contributed by atoms with Crippen molar-refractivity contribution < 1.29 is 32.9 Å². The number of rotatable bonds is 52. The summed E-state index contributed by atoms with van der Waals surface area (Å²) >= 11 is 0. The Labute approximate surface area is 461 Å². The van der Waals surface area contributed by atoms with Crippen LogP contribution in [0.25, 0.3) is 0 Å². The molecule has 9 heteroatoms. The minimum Gasteiger partial charge on any atom is -0.756 e. The standard InChI is InChI=1S/C66H111N2O6P/c1-6-8-10-12-14-16-18-20-22-24-26-28-30-32-33-34-35-36-38-40-42-44-46-48-50-52-54-56-58-60-66(70)67-64(63-74-75(71,72)73-62-61-68(3,4)5)65(69)59-57-55-53-51-49-47-45-43-41-39-37-31-29-27-25-23-21-19-17-15-13-11-9-7-2/h8,10,14,16,20,22,26,28,32-33,35-36,40-43,46,48-49,51-52,54,57,59,64-65,69H,6-7,9,11-13,15,17-19,21,23-25,27,29-31,34,37-39,44-45,47,50,53,55-56,58,60-63H2,1-5H3,(H-,67,70,71,72)/b10-8-,16-14-,22-20-,28-26-,33-32-,36-35-,42-40-,43-41+,48-46-,51-49+,54-52-,59-57+. The fourth-order valence-corrected chi connectivity index (χ4v) is 8.38. The summed E-state index contributed by atoms with van der Waals surface area (Å²) < 4.78 is 23.3. The number of phosphoric acid groups is 1. The monoisotopic (exact) mass is 1060 g/mol. The second kappa shape index (κ2) is 55.1. The van der Waals surface area contributed by atoms with Gasteiger partial charge in [0, 0.05) is 6.42 Å². The number of hydrogen-bond donors (Lipinski definition) is 2. The molecule has 0 saturated heterocycles. The van der Waals surface area contributed by atoms with Gasteiger partial charge in [0.25, 0.3) is 7.82 Å². The summed E-state index contributed by atoms with van der Waals surface area (Å²) in [6.07, 6.45) is 85.1. The van der Waals surface area contributed by atoms with Crippen molar-refractivity contribution in [3.8, 4) is 0 Å². The van der Waals surface area contributed by atoms with E-state index in [1.807, 2.05) is 27.2 Å². The van der Waals surface area contributed by atoms with Crippen molar-refractivity contribution in [1.82, 2.24) is 5.32 Å². The lowest BCUT2D eigenvalue weighted by atomic mass is 10.0. The highest BCUT2D eigenvalue weighted by atomic mass is 31.2. The molecule has 0 saturated carbocycles. The summed E-state index contributed by atoms with van der Waals surface area (Å²) in [6.45, 7) is 4.45. The van der Waals surface area contributed by atoms with Crippen LogP contribution >= 0.6 is 7.82 Å². The van der Waals surface area contributed by atoms with Gasteiger partial charge in [0.15, 0.2) is 0 Å². The maximum Gasteiger partial charge on any atom is 0.268 e. The minimum absolute atomic E-state index is 0.0286. The van der Waals surface area contributed by atoms with Gasteiger partial charge in [-0.1, -0.05) is 243 Å². The first-order valence-electron chi connectivity index (χ1n) is 29.7. The van der Waals surface area contributed by atoms with Gasteiger partial charge in [-0.25, -0.2) is 0 Å². The van der Waals surface area contributed by atoms with Gasteiger partial charge in [-0.2, -0.15) is 0 Å². The van der Waals surface area contributed by atoms with Crippen LogP contribution in [-0.4, -0.2) is 68.5 Å². The number of phosphoric ester groups is 1. The van der Waals surface area contributed by atoms with E-state index in [-0.39, 0.29) is 18.9 Å². The molecule has 0 aliphatic rings. The van der Waals surface area contributed by atoms with Crippen LogP contribution in [0.5, 0.6) is 0 Å². The molecule has 426 valence electrons. The molecule has 2 N–H and O–H groups in total. The Bertz CT molecular complexity index is 1720. The maximum absolute atomic E-state index is 12.9. The molecule has 0 aromatic rings. The Morgan fingerprint density at radius 1 is 0.480 bits per heavy atom. The number of likely N-dealkylation sites (N-methyl/N-ethyl adjacent to an activating group) is 1. The quantitative estimate of drug-likeness (QED) is 0.0272. The molecule has 0 rings (SSSR count). The molecule has 0 bridgehead atoms. The van der Waals surface area contributed by atoms with E-state index in [4.69, 9.17) is 9.05 Å². The van der Waals surface area contributed by atoms with Gasteiger partial charge in [0.1, 0.15) is 13.2 Å². The van der Waals surface area contributed by atoms with E-state index >= 15 is 0 Å². The van der Waals surface area contributed by atoms with Crippen LogP contribution in [0.4, 0.5) is 0 Å². The Balaban J connectivity index is 4.44. The van der Waals surface area contributed by atoms with Crippen molar-refractivity contribution in [2.24, 2.45) is 0 Å². The molecule has 0 fully saturated rings. The number of amides is 1. The lowest BCUT2D eigenvalue weighted by molar-refractivity contribution is -0.870. The molecule has 0 heterocycles. The van der Waals surface area contributed by atoms with Crippen molar-refractivity contribution in [2.45, 2.75) is 225 Å². The van der Waals surface area contributed by atoms with Crippen molar-refractivity contribution in [2.75, 3.05) is 40.9 Å². The normalized spacial score (nSPS) is 14.9. The number of aliphatic hydroxyl groups excluding tert-OH is 1. The van der Waals surface area contributed by atoms with Crippen molar-refractivity contribution >= 4 is 13.7 Å². The average Bonchev–Trinajstić information content (AvgIpc) is 3.37. The third kappa shape index (κ3) is 57.9. The predicted octanol–water partition coefficient (Wildman–Crippen LogP) is 17.8. The minimum atomic E-state index is -4.64. The molecule has 8 nitrogen and oxygen atoms in total.